The molecule has 9 heteroatoms. The number of alkyl halides is 3. The number of carboxylic acid groups (broad SMARTS) is 1. The highest BCUT2D eigenvalue weighted by Gasteiger charge is 2.38. The fourth-order valence-corrected chi connectivity index (χ4v) is 1.82. The Bertz CT molecular complexity index is 893. The normalized spacial score (nSPS) is 10.8. The van der Waals surface area contributed by atoms with Crippen LogP contribution in [0.3, 0.4) is 0 Å². The first-order chi connectivity index (χ1) is 12.2. The van der Waals surface area contributed by atoms with Crippen molar-refractivity contribution in [2.24, 2.45) is 0 Å². The fourth-order valence-electron chi connectivity index (χ4n) is 1.82. The number of carbonyl (C=O) groups is 1. The van der Waals surface area contributed by atoms with Gasteiger partial charge in [0.05, 0.1) is 5.56 Å². The van der Waals surface area contributed by atoms with Crippen molar-refractivity contribution in [2.45, 2.75) is 20.0 Å². The molecule has 0 aliphatic heterocycles. The first kappa shape index (κ1) is 19.1. The number of halogens is 3. The monoisotopic (exact) mass is 365 g/mol. The Balaban J connectivity index is 0.000000298. The van der Waals surface area contributed by atoms with E-state index in [1.54, 1.807) is 12.4 Å². The van der Waals surface area contributed by atoms with Crippen LogP contribution < -0.4 is 0 Å². The molecule has 0 unspecified atom stereocenters. The maximum atomic E-state index is 10.6. The van der Waals surface area contributed by atoms with Gasteiger partial charge in [0.2, 0.25) is 11.8 Å². The standard InChI is InChI=1S/C15H13N3O.C2HF3O2/c1-10-5-6-12(8-11(10)2)14-17-18-15(19-14)13-4-3-7-16-9-13;3-2(4,5)1(6)7/h3-9H,1-2H3;(H,6,7). The van der Waals surface area contributed by atoms with E-state index >= 15 is 0 Å². The van der Waals surface area contributed by atoms with E-state index < -0.39 is 12.1 Å². The summed E-state index contributed by atoms with van der Waals surface area (Å²) in [7, 11) is 0. The Kier molecular flexibility index (Phi) is 5.71. The molecule has 26 heavy (non-hydrogen) atoms. The topological polar surface area (TPSA) is 89.1 Å². The van der Waals surface area contributed by atoms with E-state index in [-0.39, 0.29) is 0 Å². The summed E-state index contributed by atoms with van der Waals surface area (Å²) >= 11 is 0. The van der Waals surface area contributed by atoms with Crippen LogP contribution in [0, 0.1) is 13.8 Å². The van der Waals surface area contributed by atoms with Crippen LogP contribution in [-0.2, 0) is 4.79 Å². The molecule has 0 amide bonds. The van der Waals surface area contributed by atoms with Gasteiger partial charge in [0.25, 0.3) is 0 Å². The zero-order chi connectivity index (χ0) is 19.3. The number of pyridine rings is 1. The molecule has 0 aliphatic rings. The minimum Gasteiger partial charge on any atom is -0.475 e. The Labute approximate surface area is 146 Å². The lowest BCUT2D eigenvalue weighted by molar-refractivity contribution is -0.192. The smallest absolute Gasteiger partial charge is 0.475 e. The Morgan fingerprint density at radius 2 is 1.65 bits per heavy atom. The molecule has 0 saturated carbocycles. The average Bonchev–Trinajstić information content (AvgIpc) is 3.08. The maximum absolute atomic E-state index is 10.6. The molecule has 0 fully saturated rings. The highest BCUT2D eigenvalue weighted by Crippen LogP contribution is 2.24. The molecule has 1 aromatic carbocycles. The summed E-state index contributed by atoms with van der Waals surface area (Å²) in [6.45, 7) is 4.14. The van der Waals surface area contributed by atoms with Gasteiger partial charge >= 0.3 is 12.1 Å². The molecule has 0 saturated heterocycles. The predicted molar refractivity (Wildman–Crippen MR) is 86.1 cm³/mol. The van der Waals surface area contributed by atoms with Gasteiger partial charge in [-0.1, -0.05) is 6.07 Å². The van der Waals surface area contributed by atoms with Crippen LogP contribution in [-0.4, -0.2) is 32.4 Å². The second-order valence-corrected chi connectivity index (χ2v) is 5.26. The number of aromatic nitrogens is 3. The number of carboxylic acids is 1. The molecule has 0 atom stereocenters. The van der Waals surface area contributed by atoms with Gasteiger partial charge in [-0.3, -0.25) is 4.98 Å². The number of benzene rings is 1. The first-order valence-corrected chi connectivity index (χ1v) is 7.30. The average molecular weight is 365 g/mol. The highest BCUT2D eigenvalue weighted by atomic mass is 19.4. The first-order valence-electron chi connectivity index (χ1n) is 7.30. The van der Waals surface area contributed by atoms with Crippen LogP contribution in [0.15, 0.2) is 47.1 Å². The van der Waals surface area contributed by atoms with Gasteiger partial charge in [-0.05, 0) is 49.2 Å². The van der Waals surface area contributed by atoms with Crippen molar-refractivity contribution >= 4 is 5.97 Å². The number of aryl methyl sites for hydroxylation is 2. The van der Waals surface area contributed by atoms with Crippen molar-refractivity contribution in [3.8, 4) is 22.9 Å². The number of hydrogen-bond acceptors (Lipinski definition) is 5. The van der Waals surface area contributed by atoms with E-state index in [1.807, 2.05) is 18.2 Å². The quantitative estimate of drug-likeness (QED) is 0.737. The van der Waals surface area contributed by atoms with Crippen LogP contribution in [0.4, 0.5) is 13.2 Å². The van der Waals surface area contributed by atoms with E-state index in [1.165, 1.54) is 11.1 Å². The molecular formula is C17H14F3N3O3. The molecule has 0 spiro atoms. The van der Waals surface area contributed by atoms with Crippen LogP contribution in [0.1, 0.15) is 11.1 Å². The Hall–Kier alpha value is -3.23. The van der Waals surface area contributed by atoms with Gasteiger partial charge in [0.15, 0.2) is 0 Å². The number of hydrogen-bond donors (Lipinski definition) is 1. The zero-order valence-corrected chi connectivity index (χ0v) is 13.8. The van der Waals surface area contributed by atoms with E-state index in [0.717, 1.165) is 11.1 Å². The van der Waals surface area contributed by atoms with Crippen molar-refractivity contribution in [3.63, 3.8) is 0 Å². The van der Waals surface area contributed by atoms with Crippen molar-refractivity contribution in [2.75, 3.05) is 0 Å². The van der Waals surface area contributed by atoms with Crippen LogP contribution in [0.25, 0.3) is 22.9 Å². The van der Waals surface area contributed by atoms with Gasteiger partial charge < -0.3 is 9.52 Å². The lowest BCUT2D eigenvalue weighted by atomic mass is 10.1. The van der Waals surface area contributed by atoms with Gasteiger partial charge in [-0.2, -0.15) is 13.2 Å². The molecular weight excluding hydrogens is 351 g/mol. The summed E-state index contributed by atoms with van der Waals surface area (Å²) in [5, 5.41) is 15.3. The summed E-state index contributed by atoms with van der Waals surface area (Å²) in [6.07, 6.45) is -1.66. The van der Waals surface area contributed by atoms with Crippen molar-refractivity contribution < 1.29 is 27.5 Å². The highest BCUT2D eigenvalue weighted by molar-refractivity contribution is 5.73. The molecule has 2 aromatic heterocycles. The SMILES string of the molecule is Cc1ccc(-c2nnc(-c3cccnc3)o2)cc1C.O=C(O)C(F)(F)F. The fraction of sp³-hybridized carbons (Fsp3) is 0.176. The number of rotatable bonds is 2. The van der Waals surface area contributed by atoms with E-state index in [0.29, 0.717) is 11.8 Å². The van der Waals surface area contributed by atoms with Gasteiger partial charge in [-0.15, -0.1) is 10.2 Å². The van der Waals surface area contributed by atoms with Crippen LogP contribution in [0.5, 0.6) is 0 Å². The zero-order valence-electron chi connectivity index (χ0n) is 13.8. The molecule has 3 rings (SSSR count). The van der Waals surface area contributed by atoms with Gasteiger partial charge in [-0.25, -0.2) is 4.79 Å². The predicted octanol–water partition coefficient (Wildman–Crippen LogP) is 4.05. The molecule has 136 valence electrons. The largest absolute Gasteiger partial charge is 0.490 e. The van der Waals surface area contributed by atoms with Crippen LogP contribution >= 0.6 is 0 Å². The van der Waals surface area contributed by atoms with Crippen molar-refractivity contribution in [1.29, 1.82) is 0 Å². The van der Waals surface area contributed by atoms with E-state index in [4.69, 9.17) is 14.3 Å². The molecule has 6 nitrogen and oxygen atoms in total. The minimum absolute atomic E-state index is 0.487. The minimum atomic E-state index is -5.08. The molecule has 1 N–H and O–H groups in total. The summed E-state index contributed by atoms with van der Waals surface area (Å²) in [5.74, 6) is -1.74. The third kappa shape index (κ3) is 4.88. The van der Waals surface area contributed by atoms with E-state index in [9.17, 15) is 13.2 Å². The number of aliphatic carboxylic acids is 1. The molecule has 0 bridgehead atoms. The second-order valence-electron chi connectivity index (χ2n) is 5.26. The van der Waals surface area contributed by atoms with Gasteiger partial charge in [0, 0.05) is 18.0 Å². The molecule has 0 aliphatic carbocycles. The van der Waals surface area contributed by atoms with Gasteiger partial charge in [0.1, 0.15) is 0 Å². The van der Waals surface area contributed by atoms with Crippen molar-refractivity contribution in [3.05, 3.63) is 53.9 Å². The third-order valence-electron chi connectivity index (χ3n) is 3.33. The van der Waals surface area contributed by atoms with Crippen molar-refractivity contribution in [1.82, 2.24) is 15.2 Å². The summed E-state index contributed by atoms with van der Waals surface area (Å²) in [4.78, 5) is 12.9. The Morgan fingerprint density at radius 3 is 2.15 bits per heavy atom. The van der Waals surface area contributed by atoms with E-state index in [2.05, 4.69) is 41.2 Å². The Morgan fingerprint density at radius 1 is 1.04 bits per heavy atom. The number of nitrogens with zero attached hydrogens (tertiary/aromatic N) is 3. The van der Waals surface area contributed by atoms with Crippen LogP contribution in [0.2, 0.25) is 0 Å². The molecule has 3 aromatic rings. The summed E-state index contributed by atoms with van der Waals surface area (Å²) < 4.78 is 37.4. The summed E-state index contributed by atoms with van der Waals surface area (Å²) in [6, 6.07) is 9.83. The second kappa shape index (κ2) is 7.77. The lowest BCUT2D eigenvalue weighted by Crippen LogP contribution is -2.21. The summed E-state index contributed by atoms with van der Waals surface area (Å²) in [5.41, 5.74) is 4.21. The molecule has 2 heterocycles. The lowest BCUT2D eigenvalue weighted by Gasteiger charge is -2.00. The third-order valence-corrected chi connectivity index (χ3v) is 3.33. The molecule has 0 radical (unpaired) electrons. The maximum Gasteiger partial charge on any atom is 0.490 e.